The Morgan fingerprint density at radius 1 is 1.04 bits per heavy atom. The molecule has 6 heteroatoms. The number of ether oxygens (including phenoxy) is 2. The predicted octanol–water partition coefficient (Wildman–Crippen LogP) is 1.99. The number of benzene rings is 2. The third-order valence-electron chi connectivity index (χ3n) is 4.38. The lowest BCUT2D eigenvalue weighted by Gasteiger charge is -2.19. The van der Waals surface area contributed by atoms with Crippen molar-refractivity contribution < 1.29 is 19.1 Å². The average Bonchev–Trinajstić information content (AvgIpc) is 3.02. The molecule has 6 nitrogen and oxygen atoms in total. The summed E-state index contributed by atoms with van der Waals surface area (Å²) in [5, 5.41) is 2.82. The second-order valence-corrected chi connectivity index (χ2v) is 6.00. The van der Waals surface area contributed by atoms with E-state index >= 15 is 0 Å². The van der Waals surface area contributed by atoms with Crippen LogP contribution in [0.25, 0.3) is 0 Å². The SMILES string of the molecule is O=C(NC1CCN(c2ccccc2)C1=O)c1ccc2c(c1)OCCO2. The molecule has 2 aromatic carbocycles. The highest BCUT2D eigenvalue weighted by Gasteiger charge is 2.33. The number of hydrogen-bond donors (Lipinski definition) is 1. The van der Waals surface area contributed by atoms with Crippen LogP contribution in [0.3, 0.4) is 0 Å². The Bertz CT molecular complexity index is 806. The summed E-state index contributed by atoms with van der Waals surface area (Å²) in [5.74, 6) is 0.819. The third-order valence-corrected chi connectivity index (χ3v) is 4.38. The maximum atomic E-state index is 12.6. The molecule has 1 fully saturated rings. The Morgan fingerprint density at radius 2 is 1.80 bits per heavy atom. The first-order valence-corrected chi connectivity index (χ1v) is 8.29. The van der Waals surface area contributed by atoms with Crippen molar-refractivity contribution in [2.75, 3.05) is 24.7 Å². The first-order valence-electron chi connectivity index (χ1n) is 8.29. The molecule has 4 rings (SSSR count). The number of fused-ring (bicyclic) bond motifs is 1. The summed E-state index contributed by atoms with van der Waals surface area (Å²) in [7, 11) is 0. The van der Waals surface area contributed by atoms with Crippen LogP contribution in [0.15, 0.2) is 48.5 Å². The van der Waals surface area contributed by atoms with Crippen molar-refractivity contribution in [3.05, 3.63) is 54.1 Å². The van der Waals surface area contributed by atoms with Gasteiger partial charge >= 0.3 is 0 Å². The van der Waals surface area contributed by atoms with Crippen LogP contribution >= 0.6 is 0 Å². The number of para-hydroxylation sites is 1. The normalized spacial score (nSPS) is 19.0. The van der Waals surface area contributed by atoms with Gasteiger partial charge in [-0.2, -0.15) is 0 Å². The average molecular weight is 338 g/mol. The van der Waals surface area contributed by atoms with Gasteiger partial charge in [-0.05, 0) is 36.8 Å². The zero-order valence-corrected chi connectivity index (χ0v) is 13.6. The summed E-state index contributed by atoms with van der Waals surface area (Å²) >= 11 is 0. The first-order chi connectivity index (χ1) is 12.2. The number of carbonyl (C=O) groups is 2. The molecule has 0 aliphatic carbocycles. The molecule has 0 saturated carbocycles. The number of amides is 2. The summed E-state index contributed by atoms with van der Waals surface area (Å²) < 4.78 is 11.0. The second kappa shape index (κ2) is 6.47. The van der Waals surface area contributed by atoms with Gasteiger partial charge in [0.15, 0.2) is 11.5 Å². The minimum Gasteiger partial charge on any atom is -0.486 e. The molecule has 0 bridgehead atoms. The van der Waals surface area contributed by atoms with E-state index in [0.717, 1.165) is 5.69 Å². The molecular formula is C19H18N2O4. The molecule has 128 valence electrons. The topological polar surface area (TPSA) is 67.9 Å². The molecule has 2 aliphatic heterocycles. The van der Waals surface area contributed by atoms with Gasteiger partial charge in [-0.25, -0.2) is 0 Å². The minimum atomic E-state index is -0.513. The van der Waals surface area contributed by atoms with Gasteiger partial charge in [-0.15, -0.1) is 0 Å². The molecular weight excluding hydrogens is 320 g/mol. The van der Waals surface area contributed by atoms with Crippen molar-refractivity contribution in [3.63, 3.8) is 0 Å². The zero-order valence-electron chi connectivity index (χ0n) is 13.6. The fraction of sp³-hybridized carbons (Fsp3) is 0.263. The number of anilines is 1. The fourth-order valence-corrected chi connectivity index (χ4v) is 3.10. The van der Waals surface area contributed by atoms with Gasteiger partial charge in [0.05, 0.1) is 0 Å². The highest BCUT2D eigenvalue weighted by atomic mass is 16.6. The Hall–Kier alpha value is -3.02. The van der Waals surface area contributed by atoms with Gasteiger partial charge in [0.25, 0.3) is 5.91 Å². The van der Waals surface area contributed by atoms with Gasteiger partial charge in [0, 0.05) is 17.8 Å². The third kappa shape index (κ3) is 3.03. The van der Waals surface area contributed by atoms with E-state index in [9.17, 15) is 9.59 Å². The van der Waals surface area contributed by atoms with Gasteiger partial charge in [-0.1, -0.05) is 18.2 Å². The minimum absolute atomic E-state index is 0.0860. The quantitative estimate of drug-likeness (QED) is 0.929. The molecule has 2 aromatic rings. The molecule has 25 heavy (non-hydrogen) atoms. The van der Waals surface area contributed by atoms with Crippen LogP contribution < -0.4 is 19.7 Å². The summed E-state index contributed by atoms with van der Waals surface area (Å²) in [5.41, 5.74) is 1.30. The van der Waals surface area contributed by atoms with Crippen LogP contribution in [0, 0.1) is 0 Å². The van der Waals surface area contributed by atoms with E-state index in [1.807, 2.05) is 30.3 Å². The molecule has 1 atom stereocenters. The van der Waals surface area contributed by atoms with E-state index in [4.69, 9.17) is 9.47 Å². The van der Waals surface area contributed by atoms with Crippen LogP contribution in [0.2, 0.25) is 0 Å². The number of nitrogens with one attached hydrogen (secondary N) is 1. The van der Waals surface area contributed by atoms with Crippen LogP contribution in [0.5, 0.6) is 11.5 Å². The van der Waals surface area contributed by atoms with Gasteiger partial charge in [0.2, 0.25) is 5.91 Å². The van der Waals surface area contributed by atoms with Crippen molar-refractivity contribution >= 4 is 17.5 Å². The van der Waals surface area contributed by atoms with E-state index in [2.05, 4.69) is 5.32 Å². The number of hydrogen-bond acceptors (Lipinski definition) is 4. The van der Waals surface area contributed by atoms with Crippen molar-refractivity contribution in [1.29, 1.82) is 0 Å². The zero-order chi connectivity index (χ0) is 17.2. The van der Waals surface area contributed by atoms with Crippen molar-refractivity contribution in [1.82, 2.24) is 5.32 Å². The Labute approximate surface area is 145 Å². The molecule has 1 saturated heterocycles. The number of rotatable bonds is 3. The Kier molecular flexibility index (Phi) is 4.01. The molecule has 2 heterocycles. The Balaban J connectivity index is 1.45. The summed E-state index contributed by atoms with van der Waals surface area (Å²) in [4.78, 5) is 26.8. The maximum Gasteiger partial charge on any atom is 0.252 e. The van der Waals surface area contributed by atoms with Gasteiger partial charge in [-0.3, -0.25) is 9.59 Å². The van der Waals surface area contributed by atoms with E-state index in [-0.39, 0.29) is 11.8 Å². The van der Waals surface area contributed by atoms with Crippen molar-refractivity contribution in [2.45, 2.75) is 12.5 Å². The number of nitrogens with zero attached hydrogens (tertiary/aromatic N) is 1. The molecule has 2 aliphatic rings. The van der Waals surface area contributed by atoms with Crippen molar-refractivity contribution in [2.24, 2.45) is 0 Å². The molecule has 0 spiro atoms. The van der Waals surface area contributed by atoms with Gasteiger partial charge < -0.3 is 19.7 Å². The summed E-state index contributed by atoms with van der Waals surface area (Å²) in [6.07, 6.45) is 0.587. The predicted molar refractivity (Wildman–Crippen MR) is 92.1 cm³/mol. The fourth-order valence-electron chi connectivity index (χ4n) is 3.10. The molecule has 0 radical (unpaired) electrons. The van der Waals surface area contributed by atoms with Crippen LogP contribution in [-0.4, -0.2) is 37.6 Å². The lowest BCUT2D eigenvalue weighted by atomic mass is 10.1. The molecule has 1 unspecified atom stereocenters. The monoisotopic (exact) mass is 338 g/mol. The van der Waals surface area contributed by atoms with E-state index in [1.165, 1.54) is 0 Å². The smallest absolute Gasteiger partial charge is 0.252 e. The summed E-state index contributed by atoms with van der Waals surface area (Å²) in [6, 6.07) is 14.0. The van der Waals surface area contributed by atoms with E-state index < -0.39 is 6.04 Å². The van der Waals surface area contributed by atoms with Crippen LogP contribution in [-0.2, 0) is 4.79 Å². The summed E-state index contributed by atoms with van der Waals surface area (Å²) in [6.45, 7) is 1.56. The highest BCUT2D eigenvalue weighted by molar-refractivity contribution is 6.04. The van der Waals surface area contributed by atoms with Crippen LogP contribution in [0.4, 0.5) is 5.69 Å². The molecule has 1 N–H and O–H groups in total. The van der Waals surface area contributed by atoms with E-state index in [1.54, 1.807) is 23.1 Å². The molecule has 2 amide bonds. The van der Waals surface area contributed by atoms with Crippen LogP contribution in [0.1, 0.15) is 16.8 Å². The number of carbonyl (C=O) groups excluding carboxylic acids is 2. The molecule has 0 aromatic heterocycles. The second-order valence-electron chi connectivity index (χ2n) is 6.00. The maximum absolute atomic E-state index is 12.6. The largest absolute Gasteiger partial charge is 0.486 e. The first kappa shape index (κ1) is 15.5. The highest BCUT2D eigenvalue weighted by Crippen LogP contribution is 2.31. The Morgan fingerprint density at radius 3 is 2.60 bits per heavy atom. The lowest BCUT2D eigenvalue weighted by molar-refractivity contribution is -0.118. The lowest BCUT2D eigenvalue weighted by Crippen LogP contribution is -2.41. The van der Waals surface area contributed by atoms with Gasteiger partial charge in [0.1, 0.15) is 19.3 Å². The van der Waals surface area contributed by atoms with Crippen molar-refractivity contribution in [3.8, 4) is 11.5 Å². The standard InChI is InChI=1S/C19H18N2O4/c22-18(13-6-7-16-17(12-13)25-11-10-24-16)20-15-8-9-21(19(15)23)14-4-2-1-3-5-14/h1-7,12,15H,8-11H2,(H,20,22). The van der Waals surface area contributed by atoms with E-state index in [0.29, 0.717) is 43.2 Å².